The molecule has 0 radical (unpaired) electrons. The molecule has 2 aromatic rings. The highest BCUT2D eigenvalue weighted by Crippen LogP contribution is 2.23. The van der Waals surface area contributed by atoms with Gasteiger partial charge in [0.15, 0.2) is 0 Å². The smallest absolute Gasteiger partial charge is 0.262 e. The molecule has 0 aliphatic carbocycles. The summed E-state index contributed by atoms with van der Waals surface area (Å²) in [6.07, 6.45) is 0. The molecule has 1 aromatic carbocycles. The summed E-state index contributed by atoms with van der Waals surface area (Å²) in [5.74, 6) is -0.581. The molecular weight excluding hydrogens is 332 g/mol. The number of aryl methyl sites for hydroxylation is 1. The molecule has 0 spiro atoms. The van der Waals surface area contributed by atoms with Gasteiger partial charge in [0.05, 0.1) is 15.6 Å². The van der Waals surface area contributed by atoms with Crippen molar-refractivity contribution in [3.05, 3.63) is 51.2 Å². The number of benzene rings is 1. The minimum Gasteiger partial charge on any atom is -0.339 e. The Kier molecular flexibility index (Phi) is 5.80. The van der Waals surface area contributed by atoms with E-state index in [-0.39, 0.29) is 17.7 Å². The molecule has 0 bridgehead atoms. The maximum Gasteiger partial charge on any atom is 0.262 e. The average molecular weight is 351 g/mol. The first kappa shape index (κ1) is 17.5. The molecule has 1 atom stereocenters. The fourth-order valence-electron chi connectivity index (χ4n) is 2.09. The standard InChI is InChI=1S/C17H19ClN2O2S/c1-10(2)15(20-16(21)14-5-4-8-23-14)17(22)19-13-7-6-11(3)9-12(13)18/h4-10,15H,1-3H3,(H,19,22)(H,20,21). The van der Waals surface area contributed by atoms with Crippen LogP contribution in [0.5, 0.6) is 0 Å². The van der Waals surface area contributed by atoms with Crippen molar-refractivity contribution in [2.45, 2.75) is 26.8 Å². The summed E-state index contributed by atoms with van der Waals surface area (Å²) >= 11 is 7.48. The maximum absolute atomic E-state index is 12.5. The van der Waals surface area contributed by atoms with Crippen molar-refractivity contribution < 1.29 is 9.59 Å². The van der Waals surface area contributed by atoms with Crippen LogP contribution in [0.4, 0.5) is 5.69 Å². The van der Waals surface area contributed by atoms with Gasteiger partial charge in [-0.05, 0) is 42.0 Å². The van der Waals surface area contributed by atoms with E-state index in [1.54, 1.807) is 24.3 Å². The molecule has 1 aromatic heterocycles. The second-order valence-electron chi connectivity index (χ2n) is 5.65. The molecule has 0 fully saturated rings. The first-order valence-corrected chi connectivity index (χ1v) is 8.55. The molecule has 6 heteroatoms. The Labute approximate surface area is 144 Å². The monoisotopic (exact) mass is 350 g/mol. The second-order valence-corrected chi connectivity index (χ2v) is 7.00. The van der Waals surface area contributed by atoms with Gasteiger partial charge in [-0.15, -0.1) is 11.3 Å². The minimum absolute atomic E-state index is 0.0527. The molecule has 0 aliphatic rings. The van der Waals surface area contributed by atoms with Gasteiger partial charge in [-0.25, -0.2) is 0 Å². The molecule has 2 rings (SSSR count). The van der Waals surface area contributed by atoms with E-state index < -0.39 is 6.04 Å². The molecular formula is C17H19ClN2O2S. The number of amides is 2. The Hall–Kier alpha value is -1.85. The molecule has 0 saturated heterocycles. The molecule has 4 nitrogen and oxygen atoms in total. The van der Waals surface area contributed by atoms with E-state index in [4.69, 9.17) is 11.6 Å². The van der Waals surface area contributed by atoms with E-state index in [2.05, 4.69) is 10.6 Å². The van der Waals surface area contributed by atoms with Gasteiger partial charge in [-0.1, -0.05) is 37.6 Å². The van der Waals surface area contributed by atoms with Crippen molar-refractivity contribution in [3.63, 3.8) is 0 Å². The number of halogens is 1. The first-order valence-electron chi connectivity index (χ1n) is 7.30. The van der Waals surface area contributed by atoms with Gasteiger partial charge in [-0.2, -0.15) is 0 Å². The fraction of sp³-hybridized carbons (Fsp3) is 0.294. The Morgan fingerprint density at radius 1 is 1.22 bits per heavy atom. The summed E-state index contributed by atoms with van der Waals surface area (Å²) in [7, 11) is 0. The summed E-state index contributed by atoms with van der Waals surface area (Å²) in [5.41, 5.74) is 1.55. The van der Waals surface area contributed by atoms with Crippen molar-refractivity contribution in [3.8, 4) is 0 Å². The van der Waals surface area contributed by atoms with E-state index in [0.29, 0.717) is 15.6 Å². The zero-order valence-corrected chi connectivity index (χ0v) is 14.8. The van der Waals surface area contributed by atoms with Crippen LogP contribution in [0.15, 0.2) is 35.7 Å². The first-order chi connectivity index (χ1) is 10.9. The largest absolute Gasteiger partial charge is 0.339 e. The van der Waals surface area contributed by atoms with Gasteiger partial charge in [0.25, 0.3) is 5.91 Å². The fourth-order valence-corrected chi connectivity index (χ4v) is 3.00. The van der Waals surface area contributed by atoms with Crippen LogP contribution in [0.2, 0.25) is 5.02 Å². The van der Waals surface area contributed by atoms with E-state index >= 15 is 0 Å². The van der Waals surface area contributed by atoms with Crippen LogP contribution in [0.25, 0.3) is 0 Å². The van der Waals surface area contributed by atoms with Gasteiger partial charge in [0, 0.05) is 0 Å². The molecule has 122 valence electrons. The van der Waals surface area contributed by atoms with Crippen molar-refractivity contribution in [1.29, 1.82) is 0 Å². The quantitative estimate of drug-likeness (QED) is 0.852. The number of nitrogens with one attached hydrogen (secondary N) is 2. The van der Waals surface area contributed by atoms with E-state index in [9.17, 15) is 9.59 Å². The van der Waals surface area contributed by atoms with E-state index in [0.717, 1.165) is 5.56 Å². The average Bonchev–Trinajstić information content (AvgIpc) is 3.01. The zero-order chi connectivity index (χ0) is 17.0. The van der Waals surface area contributed by atoms with Gasteiger partial charge in [0.1, 0.15) is 6.04 Å². The van der Waals surface area contributed by atoms with Gasteiger partial charge < -0.3 is 10.6 Å². The summed E-state index contributed by atoms with van der Waals surface area (Å²) in [4.78, 5) is 25.3. The predicted molar refractivity (Wildman–Crippen MR) is 95.2 cm³/mol. The third-order valence-electron chi connectivity index (χ3n) is 3.36. The third-order valence-corrected chi connectivity index (χ3v) is 4.54. The Bertz CT molecular complexity index is 699. The van der Waals surface area contributed by atoms with Crippen LogP contribution in [0, 0.1) is 12.8 Å². The number of rotatable bonds is 5. The normalized spacial score (nSPS) is 12.0. The van der Waals surface area contributed by atoms with Crippen molar-refractivity contribution >= 4 is 40.4 Å². The highest BCUT2D eigenvalue weighted by atomic mass is 35.5. The van der Waals surface area contributed by atoms with Crippen LogP contribution in [0.1, 0.15) is 29.1 Å². The van der Waals surface area contributed by atoms with Crippen molar-refractivity contribution in [2.75, 3.05) is 5.32 Å². The van der Waals surface area contributed by atoms with Gasteiger partial charge in [-0.3, -0.25) is 9.59 Å². The number of hydrogen-bond donors (Lipinski definition) is 2. The Morgan fingerprint density at radius 3 is 2.52 bits per heavy atom. The molecule has 2 amide bonds. The number of hydrogen-bond acceptors (Lipinski definition) is 3. The van der Waals surface area contributed by atoms with Crippen molar-refractivity contribution in [1.82, 2.24) is 5.32 Å². The molecule has 1 unspecified atom stereocenters. The summed E-state index contributed by atoms with van der Waals surface area (Å²) in [6.45, 7) is 5.70. The zero-order valence-electron chi connectivity index (χ0n) is 13.2. The topological polar surface area (TPSA) is 58.2 Å². The minimum atomic E-state index is -0.637. The van der Waals surface area contributed by atoms with Crippen molar-refractivity contribution in [2.24, 2.45) is 5.92 Å². The Morgan fingerprint density at radius 2 is 1.96 bits per heavy atom. The summed E-state index contributed by atoms with van der Waals surface area (Å²) < 4.78 is 0. The highest BCUT2D eigenvalue weighted by Gasteiger charge is 2.25. The lowest BCUT2D eigenvalue weighted by Gasteiger charge is -2.21. The SMILES string of the molecule is Cc1ccc(NC(=O)C(NC(=O)c2cccs2)C(C)C)c(Cl)c1. The lowest BCUT2D eigenvalue weighted by molar-refractivity contribution is -0.118. The number of anilines is 1. The summed E-state index contributed by atoms with van der Waals surface area (Å²) in [5, 5.41) is 7.88. The van der Waals surface area contributed by atoms with Gasteiger partial charge >= 0.3 is 0 Å². The van der Waals surface area contributed by atoms with Crippen LogP contribution in [0.3, 0.4) is 0 Å². The summed E-state index contributed by atoms with van der Waals surface area (Å²) in [6, 6.07) is 8.31. The lowest BCUT2D eigenvalue weighted by Crippen LogP contribution is -2.47. The van der Waals surface area contributed by atoms with Crippen LogP contribution in [-0.2, 0) is 4.79 Å². The molecule has 0 saturated carbocycles. The lowest BCUT2D eigenvalue weighted by atomic mass is 10.0. The van der Waals surface area contributed by atoms with Crippen LogP contribution in [-0.4, -0.2) is 17.9 Å². The molecule has 23 heavy (non-hydrogen) atoms. The predicted octanol–water partition coefficient (Wildman–Crippen LogP) is 4.10. The van der Waals surface area contributed by atoms with E-state index in [1.165, 1.54) is 11.3 Å². The second kappa shape index (κ2) is 7.62. The highest BCUT2D eigenvalue weighted by molar-refractivity contribution is 7.12. The number of carbonyl (C=O) groups is 2. The third kappa shape index (κ3) is 4.56. The van der Waals surface area contributed by atoms with E-state index in [1.807, 2.05) is 32.2 Å². The number of thiophene rings is 1. The molecule has 0 aliphatic heterocycles. The van der Waals surface area contributed by atoms with Gasteiger partial charge in [0.2, 0.25) is 5.91 Å². The Balaban J connectivity index is 2.10. The number of carbonyl (C=O) groups excluding carboxylic acids is 2. The van der Waals surface area contributed by atoms with Crippen LogP contribution < -0.4 is 10.6 Å². The van der Waals surface area contributed by atoms with Crippen LogP contribution >= 0.6 is 22.9 Å². The molecule has 2 N–H and O–H groups in total. The molecule has 1 heterocycles. The maximum atomic E-state index is 12.5.